The SMILES string of the molecule is Cc1cc(/C=C(\C#N)C(=O)O)c(C)n1-c1ccc(Cl)c(C(F)(F)F)c1. The summed E-state index contributed by atoms with van der Waals surface area (Å²) in [5.41, 5.74) is 0.329. The minimum Gasteiger partial charge on any atom is -0.477 e. The molecule has 1 heterocycles. The van der Waals surface area contributed by atoms with E-state index in [2.05, 4.69) is 0 Å². The van der Waals surface area contributed by atoms with Crippen molar-refractivity contribution < 1.29 is 23.1 Å². The molecule has 0 atom stereocenters. The predicted octanol–water partition coefficient (Wildman–Crippen LogP) is 4.76. The molecule has 25 heavy (non-hydrogen) atoms. The number of nitriles is 1. The number of carboxylic acid groups (broad SMARTS) is 1. The van der Waals surface area contributed by atoms with Gasteiger partial charge in [-0.15, -0.1) is 0 Å². The first-order valence-corrected chi connectivity index (χ1v) is 7.35. The first kappa shape index (κ1) is 18.6. The molecular formula is C17H12ClF3N2O2. The molecule has 4 nitrogen and oxygen atoms in total. The number of carbonyl (C=O) groups is 1. The number of carboxylic acids is 1. The fourth-order valence-corrected chi connectivity index (χ4v) is 2.72. The van der Waals surface area contributed by atoms with Gasteiger partial charge < -0.3 is 9.67 Å². The van der Waals surface area contributed by atoms with E-state index in [-0.39, 0.29) is 5.69 Å². The van der Waals surface area contributed by atoms with Crippen LogP contribution < -0.4 is 0 Å². The summed E-state index contributed by atoms with van der Waals surface area (Å²) >= 11 is 5.64. The van der Waals surface area contributed by atoms with Crippen LogP contribution in [0.5, 0.6) is 0 Å². The number of alkyl halides is 3. The maximum atomic E-state index is 13.1. The zero-order valence-corrected chi connectivity index (χ0v) is 13.9. The summed E-state index contributed by atoms with van der Waals surface area (Å²) in [5.74, 6) is -1.38. The summed E-state index contributed by atoms with van der Waals surface area (Å²) in [4.78, 5) is 11.0. The second kappa shape index (κ2) is 6.65. The van der Waals surface area contributed by atoms with Gasteiger partial charge in [-0.25, -0.2) is 4.79 Å². The van der Waals surface area contributed by atoms with E-state index in [1.807, 2.05) is 0 Å². The van der Waals surface area contributed by atoms with Gasteiger partial charge in [-0.3, -0.25) is 0 Å². The molecule has 0 saturated heterocycles. The lowest BCUT2D eigenvalue weighted by Crippen LogP contribution is -2.08. The van der Waals surface area contributed by atoms with Crippen molar-refractivity contribution in [3.8, 4) is 11.8 Å². The Kier molecular flexibility index (Phi) is 4.95. The van der Waals surface area contributed by atoms with E-state index < -0.39 is 28.3 Å². The molecule has 2 rings (SSSR count). The van der Waals surface area contributed by atoms with Crippen molar-refractivity contribution in [3.63, 3.8) is 0 Å². The van der Waals surface area contributed by atoms with Crippen LogP contribution in [0.3, 0.4) is 0 Å². The zero-order valence-electron chi connectivity index (χ0n) is 13.1. The van der Waals surface area contributed by atoms with Crippen molar-refractivity contribution in [3.05, 3.63) is 57.4 Å². The lowest BCUT2D eigenvalue weighted by molar-refractivity contribution is -0.137. The molecule has 0 aliphatic heterocycles. The molecule has 2 aromatic rings. The van der Waals surface area contributed by atoms with Crippen LogP contribution in [-0.4, -0.2) is 15.6 Å². The number of rotatable bonds is 3. The van der Waals surface area contributed by atoms with E-state index in [0.29, 0.717) is 17.0 Å². The van der Waals surface area contributed by atoms with E-state index in [1.165, 1.54) is 16.7 Å². The molecule has 0 amide bonds. The molecule has 0 fully saturated rings. The third-order valence-corrected chi connectivity index (χ3v) is 3.96. The normalized spacial score (nSPS) is 12.1. The Labute approximate surface area is 146 Å². The van der Waals surface area contributed by atoms with Gasteiger partial charge in [0.05, 0.1) is 10.6 Å². The second-order valence-corrected chi connectivity index (χ2v) is 5.71. The molecule has 0 radical (unpaired) electrons. The van der Waals surface area contributed by atoms with Crippen LogP contribution in [-0.2, 0) is 11.0 Å². The average molecular weight is 369 g/mol. The molecule has 0 aliphatic rings. The second-order valence-electron chi connectivity index (χ2n) is 5.30. The number of aromatic nitrogens is 1. The molecule has 130 valence electrons. The highest BCUT2D eigenvalue weighted by atomic mass is 35.5. The Hall–Kier alpha value is -2.72. The van der Waals surface area contributed by atoms with Crippen LogP contribution in [0.4, 0.5) is 13.2 Å². The third kappa shape index (κ3) is 3.69. The lowest BCUT2D eigenvalue weighted by Gasteiger charge is -2.14. The molecule has 0 aliphatic carbocycles. The molecule has 1 N–H and O–H groups in total. The van der Waals surface area contributed by atoms with E-state index >= 15 is 0 Å². The van der Waals surface area contributed by atoms with Crippen LogP contribution in [0.1, 0.15) is 22.5 Å². The molecule has 0 unspecified atom stereocenters. The molecule has 0 bridgehead atoms. The lowest BCUT2D eigenvalue weighted by atomic mass is 10.1. The number of aryl methyl sites for hydroxylation is 1. The molecule has 1 aromatic carbocycles. The quantitative estimate of drug-likeness (QED) is 0.627. The number of nitrogens with zero attached hydrogens (tertiary/aromatic N) is 2. The van der Waals surface area contributed by atoms with Gasteiger partial charge in [-0.2, -0.15) is 18.4 Å². The smallest absolute Gasteiger partial charge is 0.417 e. The van der Waals surface area contributed by atoms with Gasteiger partial charge in [0.2, 0.25) is 0 Å². The van der Waals surface area contributed by atoms with Gasteiger partial charge in [0.25, 0.3) is 0 Å². The standard InChI is InChI=1S/C17H12ClF3N2O2/c1-9-5-11(6-12(8-22)16(24)25)10(2)23(9)13-3-4-15(18)14(7-13)17(19,20)21/h3-7H,1-2H3,(H,24,25)/b12-6+. The van der Waals surface area contributed by atoms with Crippen LogP contribution in [0.2, 0.25) is 5.02 Å². The highest BCUT2D eigenvalue weighted by Crippen LogP contribution is 2.36. The summed E-state index contributed by atoms with van der Waals surface area (Å²) < 4.78 is 40.7. The average Bonchev–Trinajstić information content (AvgIpc) is 2.78. The Balaban J connectivity index is 2.64. The van der Waals surface area contributed by atoms with Crippen LogP contribution >= 0.6 is 11.6 Å². The minimum absolute atomic E-state index is 0.236. The maximum Gasteiger partial charge on any atom is 0.417 e. The van der Waals surface area contributed by atoms with Crippen LogP contribution in [0.15, 0.2) is 29.8 Å². The maximum absolute atomic E-state index is 13.1. The van der Waals surface area contributed by atoms with Crippen molar-refractivity contribution in [2.45, 2.75) is 20.0 Å². The van der Waals surface area contributed by atoms with Crippen LogP contribution in [0, 0.1) is 25.2 Å². The van der Waals surface area contributed by atoms with Crippen molar-refractivity contribution in [1.82, 2.24) is 4.57 Å². The van der Waals surface area contributed by atoms with Crippen molar-refractivity contribution in [1.29, 1.82) is 5.26 Å². The summed E-state index contributed by atoms with van der Waals surface area (Å²) in [5, 5.41) is 17.4. The molecule has 1 aromatic heterocycles. The number of halogens is 4. The molecule has 8 heteroatoms. The van der Waals surface area contributed by atoms with Crippen molar-refractivity contribution in [2.24, 2.45) is 0 Å². The van der Waals surface area contributed by atoms with Crippen molar-refractivity contribution >= 4 is 23.6 Å². The van der Waals surface area contributed by atoms with Gasteiger partial charge in [0, 0.05) is 17.1 Å². The molecular weight excluding hydrogens is 357 g/mol. The van der Waals surface area contributed by atoms with E-state index in [1.54, 1.807) is 26.0 Å². The van der Waals surface area contributed by atoms with Gasteiger partial charge in [-0.1, -0.05) is 11.6 Å². The predicted molar refractivity (Wildman–Crippen MR) is 86.5 cm³/mol. The Bertz CT molecular complexity index is 921. The van der Waals surface area contributed by atoms with Gasteiger partial charge in [-0.05, 0) is 49.8 Å². The molecule has 0 spiro atoms. The first-order valence-electron chi connectivity index (χ1n) is 6.97. The fraction of sp³-hybridized carbons (Fsp3) is 0.176. The summed E-state index contributed by atoms with van der Waals surface area (Å²) in [6, 6.07) is 6.69. The monoisotopic (exact) mass is 368 g/mol. The van der Waals surface area contributed by atoms with Crippen LogP contribution in [0.25, 0.3) is 11.8 Å². The van der Waals surface area contributed by atoms with E-state index in [9.17, 15) is 18.0 Å². The fourth-order valence-electron chi connectivity index (χ4n) is 2.50. The number of benzene rings is 1. The largest absolute Gasteiger partial charge is 0.477 e. The summed E-state index contributed by atoms with van der Waals surface area (Å²) in [6.07, 6.45) is -3.41. The minimum atomic E-state index is -4.60. The highest BCUT2D eigenvalue weighted by Gasteiger charge is 2.33. The number of hydrogen-bond donors (Lipinski definition) is 1. The van der Waals surface area contributed by atoms with Gasteiger partial charge >= 0.3 is 12.1 Å². The van der Waals surface area contributed by atoms with Gasteiger partial charge in [0.15, 0.2) is 0 Å². The first-order chi connectivity index (χ1) is 11.6. The third-order valence-electron chi connectivity index (χ3n) is 3.63. The highest BCUT2D eigenvalue weighted by molar-refractivity contribution is 6.31. The Morgan fingerprint density at radius 2 is 1.96 bits per heavy atom. The topological polar surface area (TPSA) is 66.0 Å². The zero-order chi connectivity index (χ0) is 18.9. The summed E-state index contributed by atoms with van der Waals surface area (Å²) in [6.45, 7) is 3.29. The Morgan fingerprint density at radius 1 is 1.32 bits per heavy atom. The number of aliphatic carboxylic acids is 1. The van der Waals surface area contributed by atoms with Crippen molar-refractivity contribution in [2.75, 3.05) is 0 Å². The Morgan fingerprint density at radius 3 is 2.48 bits per heavy atom. The van der Waals surface area contributed by atoms with Gasteiger partial charge in [0.1, 0.15) is 11.6 Å². The van der Waals surface area contributed by atoms with E-state index in [4.69, 9.17) is 22.0 Å². The number of hydrogen-bond acceptors (Lipinski definition) is 2. The molecule has 0 saturated carbocycles. The van der Waals surface area contributed by atoms with E-state index in [0.717, 1.165) is 12.1 Å². The summed E-state index contributed by atoms with van der Waals surface area (Å²) in [7, 11) is 0.